The van der Waals surface area contributed by atoms with Gasteiger partial charge in [0.1, 0.15) is 0 Å². The Morgan fingerprint density at radius 3 is 2.71 bits per heavy atom. The van der Waals surface area contributed by atoms with Gasteiger partial charge in [-0.3, -0.25) is 4.79 Å². The summed E-state index contributed by atoms with van der Waals surface area (Å²) in [5, 5.41) is 5.05. The highest BCUT2D eigenvalue weighted by molar-refractivity contribution is 7.09. The largest absolute Gasteiger partial charge is 0.353 e. The number of nitrogens with two attached hydrogens (primary N) is 1. The van der Waals surface area contributed by atoms with E-state index in [4.69, 9.17) is 5.73 Å². The lowest BCUT2D eigenvalue weighted by atomic mass is 9.92. The maximum absolute atomic E-state index is 11.8. The molecule has 0 bridgehead atoms. The summed E-state index contributed by atoms with van der Waals surface area (Å²) < 4.78 is 0. The number of carbonyl (C=O) groups is 1. The molecule has 1 aromatic heterocycles. The van der Waals surface area contributed by atoms with Gasteiger partial charge in [0.2, 0.25) is 5.91 Å². The van der Waals surface area contributed by atoms with E-state index in [1.807, 2.05) is 32.2 Å². The van der Waals surface area contributed by atoms with Crippen LogP contribution in [0.5, 0.6) is 0 Å². The van der Waals surface area contributed by atoms with Crippen LogP contribution in [0.2, 0.25) is 0 Å². The minimum atomic E-state index is -0.482. The van der Waals surface area contributed by atoms with Crippen LogP contribution in [-0.2, 0) is 11.2 Å². The Hall–Kier alpha value is -0.580. The molecule has 3 nitrogen and oxygen atoms in total. The van der Waals surface area contributed by atoms with E-state index in [2.05, 4.69) is 11.4 Å². The van der Waals surface area contributed by atoms with Crippen LogP contribution in [0.1, 0.15) is 25.6 Å². The molecule has 1 rings (SSSR count). The number of carbonyl (C=O) groups excluding carboxylic acids is 1. The smallest absolute Gasteiger partial charge is 0.227 e. The van der Waals surface area contributed by atoms with Crippen LogP contribution in [-0.4, -0.2) is 18.5 Å². The number of halogens is 1. The summed E-state index contributed by atoms with van der Waals surface area (Å²) in [6.45, 7) is 6.11. The molecule has 0 fully saturated rings. The molecule has 1 atom stereocenters. The van der Waals surface area contributed by atoms with Crippen LogP contribution in [0.15, 0.2) is 17.5 Å². The van der Waals surface area contributed by atoms with E-state index in [1.165, 1.54) is 4.88 Å². The van der Waals surface area contributed by atoms with Crippen LogP contribution in [0.25, 0.3) is 0 Å². The third-order valence-corrected chi connectivity index (χ3v) is 3.49. The van der Waals surface area contributed by atoms with E-state index >= 15 is 0 Å². The monoisotopic (exact) mass is 276 g/mol. The lowest BCUT2D eigenvalue weighted by Crippen LogP contribution is -2.45. The normalized spacial score (nSPS) is 12.7. The maximum atomic E-state index is 11.8. The predicted octanol–water partition coefficient (Wildman–Crippen LogP) is 2.20. The molecule has 1 heterocycles. The Morgan fingerprint density at radius 1 is 1.59 bits per heavy atom. The van der Waals surface area contributed by atoms with Gasteiger partial charge in [-0.1, -0.05) is 6.07 Å². The van der Waals surface area contributed by atoms with Crippen molar-refractivity contribution in [3.8, 4) is 0 Å². The SMILES string of the molecule is CC(Cc1cccs1)NC(=O)C(C)(C)CN.Cl. The fourth-order valence-electron chi connectivity index (χ4n) is 1.29. The third-order valence-electron chi connectivity index (χ3n) is 2.59. The van der Waals surface area contributed by atoms with E-state index in [9.17, 15) is 4.79 Å². The summed E-state index contributed by atoms with van der Waals surface area (Å²) in [5.41, 5.74) is 5.08. The second-order valence-electron chi connectivity index (χ2n) is 4.75. The van der Waals surface area contributed by atoms with Gasteiger partial charge >= 0.3 is 0 Å². The molecule has 98 valence electrons. The second kappa shape index (κ2) is 6.99. The van der Waals surface area contributed by atoms with Crippen molar-refractivity contribution in [1.82, 2.24) is 5.32 Å². The van der Waals surface area contributed by atoms with Crippen molar-refractivity contribution in [3.05, 3.63) is 22.4 Å². The van der Waals surface area contributed by atoms with Crippen LogP contribution in [0, 0.1) is 5.41 Å². The van der Waals surface area contributed by atoms with Crippen LogP contribution >= 0.6 is 23.7 Å². The summed E-state index contributed by atoms with van der Waals surface area (Å²) in [7, 11) is 0. The van der Waals surface area contributed by atoms with Gasteiger partial charge in [0.25, 0.3) is 0 Å². The first kappa shape index (κ1) is 16.4. The van der Waals surface area contributed by atoms with Crippen LogP contribution < -0.4 is 11.1 Å². The van der Waals surface area contributed by atoms with Gasteiger partial charge < -0.3 is 11.1 Å². The molecule has 17 heavy (non-hydrogen) atoms. The average Bonchev–Trinajstić information content (AvgIpc) is 2.70. The van der Waals surface area contributed by atoms with Gasteiger partial charge in [-0.2, -0.15) is 0 Å². The lowest BCUT2D eigenvalue weighted by Gasteiger charge is -2.24. The van der Waals surface area contributed by atoms with Crippen LogP contribution in [0.3, 0.4) is 0 Å². The van der Waals surface area contributed by atoms with E-state index in [-0.39, 0.29) is 24.4 Å². The Morgan fingerprint density at radius 2 is 2.24 bits per heavy atom. The molecule has 0 radical (unpaired) electrons. The molecule has 0 saturated carbocycles. The Balaban J connectivity index is 0.00000256. The zero-order chi connectivity index (χ0) is 12.2. The summed E-state index contributed by atoms with van der Waals surface area (Å²) >= 11 is 1.72. The Labute approximate surface area is 113 Å². The van der Waals surface area contributed by atoms with Crippen molar-refractivity contribution in [2.75, 3.05) is 6.54 Å². The number of amides is 1. The van der Waals surface area contributed by atoms with E-state index in [0.29, 0.717) is 6.54 Å². The molecular weight excluding hydrogens is 256 g/mol. The summed E-state index contributed by atoms with van der Waals surface area (Å²) in [4.78, 5) is 13.1. The zero-order valence-corrected chi connectivity index (χ0v) is 12.2. The van der Waals surface area contributed by atoms with Gasteiger partial charge in [0, 0.05) is 23.9 Å². The van der Waals surface area contributed by atoms with Gasteiger partial charge in [-0.25, -0.2) is 0 Å². The first-order valence-corrected chi connectivity index (χ1v) is 6.37. The highest BCUT2D eigenvalue weighted by Gasteiger charge is 2.26. The van der Waals surface area contributed by atoms with Gasteiger partial charge in [0.15, 0.2) is 0 Å². The second-order valence-corrected chi connectivity index (χ2v) is 5.78. The molecule has 1 unspecified atom stereocenters. The fraction of sp³-hybridized carbons (Fsp3) is 0.583. The number of thiophene rings is 1. The van der Waals surface area contributed by atoms with Crippen molar-refractivity contribution in [1.29, 1.82) is 0 Å². The van der Waals surface area contributed by atoms with Gasteiger partial charge in [0.05, 0.1) is 5.41 Å². The molecular formula is C12H21ClN2OS. The molecule has 0 aliphatic rings. The highest BCUT2D eigenvalue weighted by atomic mass is 35.5. The topological polar surface area (TPSA) is 55.1 Å². The molecule has 5 heteroatoms. The summed E-state index contributed by atoms with van der Waals surface area (Å²) in [5.74, 6) is 0.0269. The fourth-order valence-corrected chi connectivity index (χ4v) is 2.13. The molecule has 0 aliphatic heterocycles. The Kier molecular flexibility index (Phi) is 6.75. The van der Waals surface area contributed by atoms with Crippen molar-refractivity contribution in [2.45, 2.75) is 33.2 Å². The summed E-state index contributed by atoms with van der Waals surface area (Å²) in [6, 6.07) is 4.26. The average molecular weight is 277 g/mol. The number of hydrogen-bond donors (Lipinski definition) is 2. The quantitative estimate of drug-likeness (QED) is 0.866. The molecule has 0 aliphatic carbocycles. The van der Waals surface area contributed by atoms with E-state index < -0.39 is 5.41 Å². The first-order valence-electron chi connectivity index (χ1n) is 5.49. The van der Waals surface area contributed by atoms with Gasteiger partial charge in [-0.05, 0) is 32.2 Å². The van der Waals surface area contributed by atoms with Crippen molar-refractivity contribution >= 4 is 29.7 Å². The highest BCUT2D eigenvalue weighted by Crippen LogP contribution is 2.15. The number of nitrogens with one attached hydrogen (secondary N) is 1. The molecule has 1 amide bonds. The third kappa shape index (κ3) is 5.06. The van der Waals surface area contributed by atoms with Crippen molar-refractivity contribution in [2.24, 2.45) is 11.1 Å². The zero-order valence-electron chi connectivity index (χ0n) is 10.5. The molecule has 0 spiro atoms. The van der Waals surface area contributed by atoms with Gasteiger partial charge in [-0.15, -0.1) is 23.7 Å². The number of rotatable bonds is 5. The standard InChI is InChI=1S/C12H20N2OS.ClH/c1-9(7-10-5-4-6-16-10)14-11(15)12(2,3)8-13;/h4-6,9H,7-8,13H2,1-3H3,(H,14,15);1H. The molecule has 1 aromatic rings. The lowest BCUT2D eigenvalue weighted by molar-refractivity contribution is -0.129. The van der Waals surface area contributed by atoms with Crippen molar-refractivity contribution < 1.29 is 4.79 Å². The Bertz CT molecular complexity index is 338. The maximum Gasteiger partial charge on any atom is 0.227 e. The van der Waals surface area contributed by atoms with E-state index in [0.717, 1.165) is 6.42 Å². The molecule has 3 N–H and O–H groups in total. The van der Waals surface area contributed by atoms with E-state index in [1.54, 1.807) is 11.3 Å². The van der Waals surface area contributed by atoms with Crippen molar-refractivity contribution in [3.63, 3.8) is 0 Å². The molecule has 0 aromatic carbocycles. The molecule has 0 saturated heterocycles. The number of hydrogen-bond acceptors (Lipinski definition) is 3. The summed E-state index contributed by atoms with van der Waals surface area (Å²) in [6.07, 6.45) is 0.879. The van der Waals surface area contributed by atoms with Crippen LogP contribution in [0.4, 0.5) is 0 Å². The minimum absolute atomic E-state index is 0. The minimum Gasteiger partial charge on any atom is -0.353 e. The first-order chi connectivity index (χ1) is 7.45. The predicted molar refractivity (Wildman–Crippen MR) is 75.7 cm³/mol.